The predicted molar refractivity (Wildman–Crippen MR) is 77.3 cm³/mol. The molecule has 0 saturated carbocycles. The first-order valence-corrected chi connectivity index (χ1v) is 6.78. The summed E-state index contributed by atoms with van der Waals surface area (Å²) in [4.78, 5) is 11.1. The van der Waals surface area contributed by atoms with E-state index in [4.69, 9.17) is 0 Å². The quantitative estimate of drug-likeness (QED) is 0.802. The maximum absolute atomic E-state index is 4.46. The van der Waals surface area contributed by atoms with E-state index in [-0.39, 0.29) is 0 Å². The van der Waals surface area contributed by atoms with Crippen molar-refractivity contribution >= 4 is 39.3 Å². The van der Waals surface area contributed by atoms with Gasteiger partial charge in [0.2, 0.25) is 0 Å². The number of benzene rings is 1. The molecule has 1 aromatic heterocycles. The number of hydrogen-bond donors (Lipinski definition) is 1. The molecule has 2 heterocycles. The van der Waals surface area contributed by atoms with Crippen LogP contribution < -0.4 is 10.2 Å². The highest BCUT2D eigenvalue weighted by Gasteiger charge is 2.14. The third-order valence-corrected chi connectivity index (χ3v) is 3.66. The van der Waals surface area contributed by atoms with Crippen molar-refractivity contribution in [3.05, 3.63) is 28.1 Å². The molecule has 0 spiro atoms. The van der Waals surface area contributed by atoms with Gasteiger partial charge in [0, 0.05) is 35.1 Å². The summed E-state index contributed by atoms with van der Waals surface area (Å²) in [5.74, 6) is 1.06. The molecule has 5 heteroatoms. The monoisotopic (exact) mass is 340 g/mol. The number of hydrogen-bond acceptors (Lipinski definition) is 4. The fourth-order valence-electron chi connectivity index (χ4n) is 2.14. The van der Waals surface area contributed by atoms with Crippen LogP contribution in [0.15, 0.2) is 24.5 Å². The second-order valence-electron chi connectivity index (χ2n) is 4.10. The molecule has 0 unspecified atom stereocenters. The lowest BCUT2D eigenvalue weighted by molar-refractivity contribution is 0.586. The van der Waals surface area contributed by atoms with Crippen LogP contribution in [0.3, 0.4) is 0 Å². The van der Waals surface area contributed by atoms with Crippen LogP contribution in [-0.2, 0) is 0 Å². The number of nitrogens with one attached hydrogen (secondary N) is 1. The topological polar surface area (TPSA) is 41.1 Å². The molecule has 0 amide bonds. The van der Waals surface area contributed by atoms with Gasteiger partial charge in [-0.05, 0) is 40.8 Å². The van der Waals surface area contributed by atoms with Gasteiger partial charge in [-0.1, -0.05) is 0 Å². The Kier molecular flexibility index (Phi) is 3.11. The Balaban J connectivity index is 2.11. The molecule has 2 aromatic rings. The molecule has 0 aliphatic carbocycles. The summed E-state index contributed by atoms with van der Waals surface area (Å²) in [5, 5.41) is 4.51. The lowest BCUT2D eigenvalue weighted by Crippen LogP contribution is -2.44. The van der Waals surface area contributed by atoms with Crippen molar-refractivity contribution in [2.45, 2.75) is 0 Å². The summed E-state index contributed by atoms with van der Waals surface area (Å²) >= 11 is 2.33. The van der Waals surface area contributed by atoms with E-state index in [1.54, 1.807) is 6.33 Å². The summed E-state index contributed by atoms with van der Waals surface area (Å²) in [7, 11) is 0. The molecule has 1 fully saturated rings. The summed E-state index contributed by atoms with van der Waals surface area (Å²) < 4.78 is 1.22. The number of rotatable bonds is 1. The molecule has 0 bridgehead atoms. The fraction of sp³-hybridized carbons (Fsp3) is 0.333. The third-order valence-electron chi connectivity index (χ3n) is 2.99. The van der Waals surface area contributed by atoms with Crippen LogP contribution in [0.4, 0.5) is 5.82 Å². The van der Waals surface area contributed by atoms with Gasteiger partial charge in [0.05, 0.1) is 5.52 Å². The van der Waals surface area contributed by atoms with Crippen LogP contribution in [0.25, 0.3) is 10.9 Å². The molecular formula is C12H13IN4. The highest BCUT2D eigenvalue weighted by Crippen LogP contribution is 2.24. The SMILES string of the molecule is Ic1ccc2ncnc(N3CCNCC3)c2c1. The van der Waals surface area contributed by atoms with E-state index in [2.05, 4.69) is 61.0 Å². The van der Waals surface area contributed by atoms with Crippen molar-refractivity contribution in [2.24, 2.45) is 0 Å². The molecule has 4 nitrogen and oxygen atoms in total. The maximum Gasteiger partial charge on any atom is 0.140 e. The van der Waals surface area contributed by atoms with Gasteiger partial charge in [-0.15, -0.1) is 0 Å². The van der Waals surface area contributed by atoms with Crippen LogP contribution >= 0.6 is 22.6 Å². The average Bonchev–Trinajstić information content (AvgIpc) is 2.39. The van der Waals surface area contributed by atoms with Gasteiger partial charge >= 0.3 is 0 Å². The van der Waals surface area contributed by atoms with Gasteiger partial charge in [-0.25, -0.2) is 9.97 Å². The Morgan fingerprint density at radius 2 is 2.00 bits per heavy atom. The molecule has 88 valence electrons. The largest absolute Gasteiger partial charge is 0.353 e. The Bertz CT molecular complexity index is 537. The van der Waals surface area contributed by atoms with Gasteiger partial charge in [0.15, 0.2) is 0 Å². The van der Waals surface area contributed by atoms with Crippen molar-refractivity contribution in [3.63, 3.8) is 0 Å². The molecular weight excluding hydrogens is 327 g/mol. The summed E-state index contributed by atoms with van der Waals surface area (Å²) in [6, 6.07) is 6.30. The Morgan fingerprint density at radius 3 is 2.82 bits per heavy atom. The van der Waals surface area contributed by atoms with Gasteiger partial charge in [-0.2, -0.15) is 0 Å². The zero-order chi connectivity index (χ0) is 11.7. The van der Waals surface area contributed by atoms with Crippen LogP contribution in [-0.4, -0.2) is 36.1 Å². The fourth-order valence-corrected chi connectivity index (χ4v) is 2.64. The molecule has 0 atom stereocenters. The lowest BCUT2D eigenvalue weighted by atomic mass is 10.2. The van der Waals surface area contributed by atoms with Gasteiger partial charge < -0.3 is 10.2 Å². The normalized spacial score (nSPS) is 16.4. The Labute approximate surface area is 114 Å². The zero-order valence-electron chi connectivity index (χ0n) is 9.36. The van der Waals surface area contributed by atoms with Crippen molar-refractivity contribution in [3.8, 4) is 0 Å². The van der Waals surface area contributed by atoms with Crippen LogP contribution in [0.2, 0.25) is 0 Å². The minimum absolute atomic E-state index is 1.01. The first kappa shape index (κ1) is 11.2. The van der Waals surface area contributed by atoms with Crippen molar-refractivity contribution < 1.29 is 0 Å². The number of halogens is 1. The van der Waals surface area contributed by atoms with E-state index in [9.17, 15) is 0 Å². The van der Waals surface area contributed by atoms with Crippen molar-refractivity contribution in [2.75, 3.05) is 31.1 Å². The van der Waals surface area contributed by atoms with E-state index in [0.717, 1.165) is 42.9 Å². The predicted octanol–water partition coefficient (Wildman–Crippen LogP) is 1.64. The number of aromatic nitrogens is 2. The van der Waals surface area contributed by atoms with Crippen LogP contribution in [0.1, 0.15) is 0 Å². The summed E-state index contributed by atoms with van der Waals surface area (Å²) in [6.45, 7) is 4.07. The molecule has 0 radical (unpaired) electrons. The first-order valence-electron chi connectivity index (χ1n) is 5.70. The van der Waals surface area contributed by atoms with Crippen LogP contribution in [0, 0.1) is 3.57 Å². The number of fused-ring (bicyclic) bond motifs is 1. The van der Waals surface area contributed by atoms with Gasteiger partial charge in [-0.3, -0.25) is 0 Å². The highest BCUT2D eigenvalue weighted by atomic mass is 127. The molecule has 3 rings (SSSR count). The second-order valence-corrected chi connectivity index (χ2v) is 5.34. The number of piperazine rings is 1. The van der Waals surface area contributed by atoms with Gasteiger partial charge in [0.1, 0.15) is 12.1 Å². The van der Waals surface area contributed by atoms with Crippen LogP contribution in [0.5, 0.6) is 0 Å². The first-order chi connectivity index (χ1) is 8.34. The molecule has 17 heavy (non-hydrogen) atoms. The average molecular weight is 340 g/mol. The molecule has 1 aliphatic heterocycles. The highest BCUT2D eigenvalue weighted by molar-refractivity contribution is 14.1. The standard InChI is InChI=1S/C12H13IN4/c13-9-1-2-11-10(7-9)12(16-8-15-11)17-5-3-14-4-6-17/h1-2,7-8,14H,3-6H2. The smallest absolute Gasteiger partial charge is 0.140 e. The third kappa shape index (κ3) is 2.21. The lowest BCUT2D eigenvalue weighted by Gasteiger charge is -2.29. The summed E-state index contributed by atoms with van der Waals surface area (Å²) in [6.07, 6.45) is 1.66. The molecule has 1 N–H and O–H groups in total. The van der Waals surface area contributed by atoms with E-state index in [1.807, 2.05) is 0 Å². The number of nitrogens with zero attached hydrogens (tertiary/aromatic N) is 3. The van der Waals surface area contributed by atoms with E-state index >= 15 is 0 Å². The Hall–Kier alpha value is -0.950. The molecule has 1 aliphatic rings. The Morgan fingerprint density at radius 1 is 1.18 bits per heavy atom. The van der Waals surface area contributed by atoms with E-state index in [0.29, 0.717) is 0 Å². The van der Waals surface area contributed by atoms with E-state index < -0.39 is 0 Å². The van der Waals surface area contributed by atoms with Crippen molar-refractivity contribution in [1.82, 2.24) is 15.3 Å². The van der Waals surface area contributed by atoms with Crippen molar-refractivity contribution in [1.29, 1.82) is 0 Å². The van der Waals surface area contributed by atoms with Gasteiger partial charge in [0.25, 0.3) is 0 Å². The van der Waals surface area contributed by atoms with E-state index in [1.165, 1.54) is 3.57 Å². The number of anilines is 1. The minimum Gasteiger partial charge on any atom is -0.353 e. The zero-order valence-corrected chi connectivity index (χ0v) is 11.5. The molecule has 1 aromatic carbocycles. The molecule has 1 saturated heterocycles. The maximum atomic E-state index is 4.46. The second kappa shape index (κ2) is 4.73. The minimum atomic E-state index is 1.01. The summed E-state index contributed by atoms with van der Waals surface area (Å²) in [5.41, 5.74) is 1.02.